The molecule has 0 radical (unpaired) electrons. The summed E-state index contributed by atoms with van der Waals surface area (Å²) in [6, 6.07) is 5.13. The van der Waals surface area contributed by atoms with Crippen LogP contribution in [0.2, 0.25) is 0 Å². The van der Waals surface area contributed by atoms with E-state index < -0.39 is 17.8 Å². The maximum Gasteiger partial charge on any atom is 0.416 e. The number of rotatable bonds is 3. The van der Waals surface area contributed by atoms with E-state index in [2.05, 4.69) is 5.10 Å². The molecule has 1 aromatic heterocycles. The van der Waals surface area contributed by atoms with Crippen molar-refractivity contribution in [3.05, 3.63) is 53.3 Å². The first-order valence-electron chi connectivity index (χ1n) is 7.40. The highest BCUT2D eigenvalue weighted by atomic mass is 19.4. The molecule has 7 heteroatoms. The van der Waals surface area contributed by atoms with Crippen LogP contribution < -0.4 is 0 Å². The molecule has 0 saturated carbocycles. The first kappa shape index (κ1) is 16.0. The summed E-state index contributed by atoms with van der Waals surface area (Å²) < 4.78 is 40.4. The van der Waals surface area contributed by atoms with Crippen molar-refractivity contribution in [3.8, 4) is 0 Å². The quantitative estimate of drug-likeness (QED) is 0.943. The molecule has 0 aliphatic carbocycles. The number of halogens is 3. The van der Waals surface area contributed by atoms with E-state index in [1.165, 1.54) is 12.1 Å². The number of aryl methyl sites for hydroxylation is 1. The fourth-order valence-electron chi connectivity index (χ4n) is 3.11. The molecule has 1 fully saturated rings. The largest absolute Gasteiger partial charge is 0.416 e. The molecule has 1 aliphatic heterocycles. The molecule has 1 saturated heterocycles. The molecular weight excluding hydrogens is 307 g/mol. The summed E-state index contributed by atoms with van der Waals surface area (Å²) in [5.41, 5.74) is 0.900. The monoisotopic (exact) mass is 325 g/mol. The van der Waals surface area contributed by atoms with E-state index in [4.69, 9.17) is 0 Å². The lowest BCUT2D eigenvalue weighted by Gasteiger charge is -2.24. The Bertz CT molecular complexity index is 683. The van der Waals surface area contributed by atoms with Crippen LogP contribution >= 0.6 is 0 Å². The average molecular weight is 325 g/mol. The Kier molecular flexibility index (Phi) is 4.16. The molecule has 1 N–H and O–H groups in total. The van der Waals surface area contributed by atoms with Gasteiger partial charge in [0, 0.05) is 37.9 Å². The van der Waals surface area contributed by atoms with E-state index in [9.17, 15) is 18.3 Å². The summed E-state index contributed by atoms with van der Waals surface area (Å²) in [6.45, 7) is 0.988. The van der Waals surface area contributed by atoms with Crippen molar-refractivity contribution in [2.75, 3.05) is 6.54 Å². The van der Waals surface area contributed by atoms with Crippen LogP contribution in [0.4, 0.5) is 13.2 Å². The summed E-state index contributed by atoms with van der Waals surface area (Å²) in [5.74, 6) is 0. The Morgan fingerprint density at radius 1 is 1.35 bits per heavy atom. The van der Waals surface area contributed by atoms with Gasteiger partial charge in [0.15, 0.2) is 0 Å². The molecule has 2 aromatic rings. The SMILES string of the molecule is Cn1cc(CN2CC(O)CC2c2cccc(C(F)(F)F)c2)cn1. The van der Waals surface area contributed by atoms with Crippen molar-refractivity contribution in [3.63, 3.8) is 0 Å². The fraction of sp³-hybridized carbons (Fsp3) is 0.438. The molecule has 2 unspecified atom stereocenters. The Balaban J connectivity index is 1.84. The van der Waals surface area contributed by atoms with Crippen LogP contribution in [-0.4, -0.2) is 32.4 Å². The number of likely N-dealkylation sites (tertiary alicyclic amines) is 1. The maximum atomic E-state index is 12.9. The predicted molar refractivity (Wildman–Crippen MR) is 78.4 cm³/mol. The Morgan fingerprint density at radius 2 is 2.13 bits per heavy atom. The van der Waals surface area contributed by atoms with Gasteiger partial charge >= 0.3 is 6.18 Å². The molecule has 1 aromatic carbocycles. The predicted octanol–water partition coefficient (Wildman–Crippen LogP) is 2.75. The number of nitrogens with zero attached hydrogens (tertiary/aromatic N) is 3. The highest BCUT2D eigenvalue weighted by Crippen LogP contribution is 2.36. The second-order valence-corrected chi connectivity index (χ2v) is 5.98. The normalized spacial score (nSPS) is 22.7. The highest BCUT2D eigenvalue weighted by molar-refractivity contribution is 5.29. The van der Waals surface area contributed by atoms with Crippen molar-refractivity contribution in [2.45, 2.75) is 31.3 Å². The zero-order chi connectivity index (χ0) is 16.6. The fourth-order valence-corrected chi connectivity index (χ4v) is 3.11. The molecular formula is C16H18F3N3O. The maximum absolute atomic E-state index is 12.9. The molecule has 2 atom stereocenters. The minimum absolute atomic E-state index is 0.229. The van der Waals surface area contributed by atoms with Gasteiger partial charge < -0.3 is 5.11 Å². The van der Waals surface area contributed by atoms with Gasteiger partial charge in [0.2, 0.25) is 0 Å². The second kappa shape index (κ2) is 5.98. The van der Waals surface area contributed by atoms with Crippen LogP contribution in [0.5, 0.6) is 0 Å². The summed E-state index contributed by atoms with van der Waals surface area (Å²) >= 11 is 0. The minimum atomic E-state index is -4.36. The zero-order valence-corrected chi connectivity index (χ0v) is 12.7. The minimum Gasteiger partial charge on any atom is -0.392 e. The van der Waals surface area contributed by atoms with Gasteiger partial charge in [-0.05, 0) is 24.1 Å². The Hall–Kier alpha value is -1.86. The van der Waals surface area contributed by atoms with Crippen molar-refractivity contribution in [1.29, 1.82) is 0 Å². The molecule has 2 heterocycles. The van der Waals surface area contributed by atoms with Gasteiger partial charge in [-0.1, -0.05) is 12.1 Å². The number of hydrogen-bond donors (Lipinski definition) is 1. The van der Waals surface area contributed by atoms with Crippen LogP contribution in [0.25, 0.3) is 0 Å². The zero-order valence-electron chi connectivity index (χ0n) is 12.7. The van der Waals surface area contributed by atoms with E-state index in [0.29, 0.717) is 25.1 Å². The first-order chi connectivity index (χ1) is 10.8. The van der Waals surface area contributed by atoms with E-state index in [0.717, 1.165) is 11.6 Å². The molecule has 0 amide bonds. The van der Waals surface area contributed by atoms with E-state index >= 15 is 0 Å². The topological polar surface area (TPSA) is 41.3 Å². The van der Waals surface area contributed by atoms with E-state index in [-0.39, 0.29) is 6.04 Å². The smallest absolute Gasteiger partial charge is 0.392 e. The molecule has 3 rings (SSSR count). The average Bonchev–Trinajstić information content (AvgIpc) is 3.04. The molecule has 124 valence electrons. The summed E-state index contributed by atoms with van der Waals surface area (Å²) in [5, 5.41) is 14.1. The third kappa shape index (κ3) is 3.56. The second-order valence-electron chi connectivity index (χ2n) is 5.98. The van der Waals surface area contributed by atoms with E-state index in [1.807, 2.05) is 18.1 Å². The molecule has 23 heavy (non-hydrogen) atoms. The third-order valence-corrected chi connectivity index (χ3v) is 4.12. The first-order valence-corrected chi connectivity index (χ1v) is 7.40. The lowest BCUT2D eigenvalue weighted by molar-refractivity contribution is -0.137. The molecule has 0 bridgehead atoms. The number of alkyl halides is 3. The molecule has 1 aliphatic rings. The summed E-state index contributed by atoms with van der Waals surface area (Å²) in [6.07, 6.45) is -0.865. The van der Waals surface area contributed by atoms with Gasteiger partial charge in [0.05, 0.1) is 17.9 Å². The molecule has 0 spiro atoms. The third-order valence-electron chi connectivity index (χ3n) is 4.12. The van der Waals surface area contributed by atoms with Crippen LogP contribution in [0.1, 0.15) is 29.2 Å². The van der Waals surface area contributed by atoms with Gasteiger partial charge in [-0.25, -0.2) is 0 Å². The Morgan fingerprint density at radius 3 is 2.78 bits per heavy atom. The number of aromatic nitrogens is 2. The van der Waals surface area contributed by atoms with Crippen LogP contribution in [0.15, 0.2) is 36.7 Å². The van der Waals surface area contributed by atoms with Gasteiger partial charge in [-0.2, -0.15) is 18.3 Å². The van der Waals surface area contributed by atoms with Crippen LogP contribution in [-0.2, 0) is 19.8 Å². The number of benzene rings is 1. The van der Waals surface area contributed by atoms with Gasteiger partial charge in [0.1, 0.15) is 0 Å². The van der Waals surface area contributed by atoms with Crippen molar-refractivity contribution < 1.29 is 18.3 Å². The number of aliphatic hydroxyl groups excluding tert-OH is 1. The van der Waals surface area contributed by atoms with Gasteiger partial charge in [0.25, 0.3) is 0 Å². The standard InChI is InChI=1S/C16H18F3N3O/c1-21-8-11(7-20-21)9-22-10-14(23)6-15(22)12-3-2-4-13(5-12)16(17,18)19/h2-5,7-8,14-15,23H,6,9-10H2,1H3. The van der Waals surface area contributed by atoms with Crippen molar-refractivity contribution >= 4 is 0 Å². The van der Waals surface area contributed by atoms with Crippen LogP contribution in [0, 0.1) is 0 Å². The van der Waals surface area contributed by atoms with Gasteiger partial charge in [-0.3, -0.25) is 9.58 Å². The van der Waals surface area contributed by atoms with Crippen molar-refractivity contribution in [2.24, 2.45) is 7.05 Å². The summed E-state index contributed by atoms with van der Waals surface area (Å²) in [4.78, 5) is 2.00. The summed E-state index contributed by atoms with van der Waals surface area (Å²) in [7, 11) is 1.81. The van der Waals surface area contributed by atoms with Crippen molar-refractivity contribution in [1.82, 2.24) is 14.7 Å². The molecule has 4 nitrogen and oxygen atoms in total. The number of aliphatic hydroxyl groups is 1. The van der Waals surface area contributed by atoms with E-state index in [1.54, 1.807) is 16.9 Å². The Labute approximate surface area is 132 Å². The lowest BCUT2D eigenvalue weighted by atomic mass is 10.0. The number of β-amino-alcohol motifs (C(OH)–C–C–N with tert-alkyl or cyclic N) is 1. The van der Waals surface area contributed by atoms with Crippen LogP contribution in [0.3, 0.4) is 0 Å². The highest BCUT2D eigenvalue weighted by Gasteiger charge is 2.35. The number of hydrogen-bond acceptors (Lipinski definition) is 3. The lowest BCUT2D eigenvalue weighted by Crippen LogP contribution is -2.24. The van der Waals surface area contributed by atoms with Gasteiger partial charge in [-0.15, -0.1) is 0 Å².